The van der Waals surface area contributed by atoms with E-state index in [9.17, 15) is 0 Å². The van der Waals surface area contributed by atoms with Crippen LogP contribution in [0.4, 0.5) is 0 Å². The van der Waals surface area contributed by atoms with E-state index in [2.05, 4.69) is 18.9 Å². The summed E-state index contributed by atoms with van der Waals surface area (Å²) >= 11 is 0. The fraction of sp³-hybridized carbons (Fsp3) is 0.462. The molecule has 0 saturated heterocycles. The number of aryl methyl sites for hydroxylation is 2. The van der Waals surface area contributed by atoms with Gasteiger partial charge in [0.1, 0.15) is 11.5 Å². The molecule has 2 heterocycles. The van der Waals surface area contributed by atoms with Gasteiger partial charge in [0.25, 0.3) is 0 Å². The van der Waals surface area contributed by atoms with E-state index in [-0.39, 0.29) is 6.04 Å². The fourth-order valence-corrected chi connectivity index (χ4v) is 1.82. The first-order valence-corrected chi connectivity index (χ1v) is 6.08. The minimum Gasteiger partial charge on any atom is -0.464 e. The van der Waals surface area contributed by atoms with Gasteiger partial charge in [-0.25, -0.2) is 0 Å². The Bertz CT molecular complexity index is 472. The second-order valence-corrected chi connectivity index (χ2v) is 4.17. The molecule has 2 N–H and O–H groups in total. The average Bonchev–Trinajstić information content (AvgIpc) is 2.96. The molecule has 0 spiro atoms. The van der Waals surface area contributed by atoms with Crippen LogP contribution in [0.15, 0.2) is 28.9 Å². The second kappa shape index (κ2) is 5.19. The Hall–Kier alpha value is -1.55. The Morgan fingerprint density at radius 2 is 2.24 bits per heavy atom. The van der Waals surface area contributed by atoms with Crippen molar-refractivity contribution in [2.24, 2.45) is 5.73 Å². The lowest BCUT2D eigenvalue weighted by Gasteiger charge is -2.06. The van der Waals surface area contributed by atoms with Crippen LogP contribution in [0.1, 0.15) is 37.0 Å². The molecule has 2 aromatic heterocycles. The molecule has 0 aromatic carbocycles. The van der Waals surface area contributed by atoms with Gasteiger partial charge in [-0.2, -0.15) is 5.10 Å². The number of nitrogens with two attached hydrogens (primary N) is 1. The van der Waals surface area contributed by atoms with E-state index in [1.54, 1.807) is 0 Å². The van der Waals surface area contributed by atoms with Gasteiger partial charge in [-0.15, -0.1) is 0 Å². The fourth-order valence-electron chi connectivity index (χ4n) is 1.82. The van der Waals surface area contributed by atoms with Crippen molar-refractivity contribution in [2.45, 2.75) is 39.3 Å². The molecular weight excluding hydrogens is 214 g/mol. The third-order valence-electron chi connectivity index (χ3n) is 2.86. The third kappa shape index (κ3) is 2.77. The van der Waals surface area contributed by atoms with Crippen LogP contribution in [-0.4, -0.2) is 9.78 Å². The Labute approximate surface area is 101 Å². The highest BCUT2D eigenvalue weighted by Crippen LogP contribution is 2.18. The standard InChI is InChI=1S/C13H19N3O/c1-3-11-5-6-13(17-11)12(14)7-10-8-15-16(4-2)9-10/h5-6,8-9,12H,3-4,7,14H2,1-2H3. The topological polar surface area (TPSA) is 57.0 Å². The number of aromatic nitrogens is 2. The normalized spacial score (nSPS) is 12.9. The zero-order valence-electron chi connectivity index (χ0n) is 10.4. The van der Waals surface area contributed by atoms with Crippen molar-refractivity contribution in [3.8, 4) is 0 Å². The maximum absolute atomic E-state index is 6.11. The first-order valence-electron chi connectivity index (χ1n) is 6.08. The molecule has 0 aliphatic heterocycles. The van der Waals surface area contributed by atoms with Crippen molar-refractivity contribution < 1.29 is 4.42 Å². The molecule has 2 rings (SSSR count). The van der Waals surface area contributed by atoms with Crippen LogP contribution >= 0.6 is 0 Å². The monoisotopic (exact) mass is 233 g/mol. The smallest absolute Gasteiger partial charge is 0.121 e. The summed E-state index contributed by atoms with van der Waals surface area (Å²) in [5.41, 5.74) is 7.26. The molecule has 4 nitrogen and oxygen atoms in total. The molecule has 0 radical (unpaired) electrons. The molecule has 4 heteroatoms. The van der Waals surface area contributed by atoms with Crippen molar-refractivity contribution >= 4 is 0 Å². The summed E-state index contributed by atoms with van der Waals surface area (Å²) < 4.78 is 7.55. The first kappa shape index (κ1) is 11.9. The van der Waals surface area contributed by atoms with E-state index in [1.165, 1.54) is 0 Å². The van der Waals surface area contributed by atoms with Crippen LogP contribution in [0.2, 0.25) is 0 Å². The zero-order valence-corrected chi connectivity index (χ0v) is 10.4. The number of nitrogens with zero attached hydrogens (tertiary/aromatic N) is 2. The summed E-state index contributed by atoms with van der Waals surface area (Å²) in [6, 6.07) is 3.86. The van der Waals surface area contributed by atoms with Gasteiger partial charge in [0.2, 0.25) is 0 Å². The van der Waals surface area contributed by atoms with Gasteiger partial charge >= 0.3 is 0 Å². The van der Waals surface area contributed by atoms with E-state index < -0.39 is 0 Å². The SMILES string of the molecule is CCc1ccc(C(N)Cc2cnn(CC)c2)o1. The Morgan fingerprint density at radius 3 is 2.82 bits per heavy atom. The van der Waals surface area contributed by atoms with Gasteiger partial charge < -0.3 is 10.2 Å². The average molecular weight is 233 g/mol. The highest BCUT2D eigenvalue weighted by Gasteiger charge is 2.12. The number of hydrogen-bond acceptors (Lipinski definition) is 3. The molecule has 0 amide bonds. The Morgan fingerprint density at radius 1 is 1.41 bits per heavy atom. The van der Waals surface area contributed by atoms with Crippen LogP contribution in [0, 0.1) is 0 Å². The van der Waals surface area contributed by atoms with Crippen molar-refractivity contribution in [1.29, 1.82) is 0 Å². The summed E-state index contributed by atoms with van der Waals surface area (Å²) in [6.07, 6.45) is 5.56. The van der Waals surface area contributed by atoms with Gasteiger partial charge in [-0.3, -0.25) is 4.68 Å². The van der Waals surface area contributed by atoms with Gasteiger partial charge in [0.15, 0.2) is 0 Å². The van der Waals surface area contributed by atoms with Crippen molar-refractivity contribution in [1.82, 2.24) is 9.78 Å². The summed E-state index contributed by atoms with van der Waals surface area (Å²) in [6.45, 7) is 5.02. The maximum atomic E-state index is 6.11. The maximum Gasteiger partial charge on any atom is 0.121 e. The molecule has 0 saturated carbocycles. The number of hydrogen-bond donors (Lipinski definition) is 1. The zero-order chi connectivity index (χ0) is 12.3. The van der Waals surface area contributed by atoms with E-state index in [0.29, 0.717) is 0 Å². The third-order valence-corrected chi connectivity index (χ3v) is 2.86. The van der Waals surface area contributed by atoms with Gasteiger partial charge in [0.05, 0.1) is 12.2 Å². The highest BCUT2D eigenvalue weighted by atomic mass is 16.3. The summed E-state index contributed by atoms with van der Waals surface area (Å²) in [5.74, 6) is 1.84. The second-order valence-electron chi connectivity index (χ2n) is 4.17. The summed E-state index contributed by atoms with van der Waals surface area (Å²) in [5, 5.41) is 4.23. The predicted molar refractivity (Wildman–Crippen MR) is 66.6 cm³/mol. The number of furan rings is 1. The lowest BCUT2D eigenvalue weighted by Crippen LogP contribution is -2.12. The molecule has 1 atom stereocenters. The molecule has 0 fully saturated rings. The minimum atomic E-state index is -0.0928. The van der Waals surface area contributed by atoms with E-state index in [4.69, 9.17) is 10.2 Å². The molecule has 1 unspecified atom stereocenters. The van der Waals surface area contributed by atoms with Gasteiger partial charge in [-0.1, -0.05) is 6.92 Å². The molecule has 17 heavy (non-hydrogen) atoms. The molecule has 2 aromatic rings. The Balaban J connectivity index is 2.02. The van der Waals surface area contributed by atoms with E-state index in [0.717, 1.165) is 36.5 Å². The molecular formula is C13H19N3O. The van der Waals surface area contributed by atoms with Crippen LogP contribution < -0.4 is 5.73 Å². The molecule has 0 bridgehead atoms. The summed E-state index contributed by atoms with van der Waals surface area (Å²) in [4.78, 5) is 0. The van der Waals surface area contributed by atoms with E-state index in [1.807, 2.05) is 29.2 Å². The predicted octanol–water partition coefficient (Wildman–Crippen LogP) is 2.30. The largest absolute Gasteiger partial charge is 0.464 e. The Kier molecular flexibility index (Phi) is 3.64. The quantitative estimate of drug-likeness (QED) is 0.862. The summed E-state index contributed by atoms with van der Waals surface area (Å²) in [7, 11) is 0. The molecule has 0 aliphatic rings. The number of rotatable bonds is 5. The lowest BCUT2D eigenvalue weighted by atomic mass is 10.1. The van der Waals surface area contributed by atoms with Crippen molar-refractivity contribution in [3.63, 3.8) is 0 Å². The first-order chi connectivity index (χ1) is 8.22. The van der Waals surface area contributed by atoms with E-state index >= 15 is 0 Å². The van der Waals surface area contributed by atoms with Crippen LogP contribution in [0.3, 0.4) is 0 Å². The van der Waals surface area contributed by atoms with Crippen LogP contribution in [0.5, 0.6) is 0 Å². The van der Waals surface area contributed by atoms with Crippen LogP contribution in [-0.2, 0) is 19.4 Å². The molecule has 92 valence electrons. The van der Waals surface area contributed by atoms with Gasteiger partial charge in [-0.05, 0) is 31.0 Å². The lowest BCUT2D eigenvalue weighted by molar-refractivity contribution is 0.434. The molecule has 0 aliphatic carbocycles. The van der Waals surface area contributed by atoms with Gasteiger partial charge in [0, 0.05) is 19.2 Å². The van der Waals surface area contributed by atoms with Crippen molar-refractivity contribution in [2.75, 3.05) is 0 Å². The minimum absolute atomic E-state index is 0.0928. The van der Waals surface area contributed by atoms with Crippen molar-refractivity contribution in [3.05, 3.63) is 41.6 Å². The highest BCUT2D eigenvalue weighted by molar-refractivity contribution is 5.14. The van der Waals surface area contributed by atoms with Crippen LogP contribution in [0.25, 0.3) is 0 Å².